The van der Waals surface area contributed by atoms with Gasteiger partial charge in [-0.2, -0.15) is 13.2 Å². The third-order valence-corrected chi connectivity index (χ3v) is 6.19. The molecular weight excluding hydrogens is 383 g/mol. The van der Waals surface area contributed by atoms with Gasteiger partial charge in [-0.3, -0.25) is 4.79 Å². The van der Waals surface area contributed by atoms with Crippen molar-refractivity contribution in [3.63, 3.8) is 0 Å². The Kier molecular flexibility index (Phi) is 7.21. The van der Waals surface area contributed by atoms with Gasteiger partial charge >= 0.3 is 5.51 Å². The summed E-state index contributed by atoms with van der Waals surface area (Å²) in [5.41, 5.74) is -6.12. The van der Waals surface area contributed by atoms with Gasteiger partial charge in [0.15, 0.2) is 5.03 Å². The molecule has 10 heteroatoms. The van der Waals surface area contributed by atoms with Crippen molar-refractivity contribution in [3.8, 4) is 0 Å². The standard InChI is InChI=1S/C17H24F3N3O3S/c1-23(13-7-3-2-4-8-13)12-6-11-21-15(24)14-9-5-10-22-16(14)27(25,26)17(18,19)20/h5,9-10,13H,2-4,6-8,11-12H2,1H3,(H,21,24). The number of rotatable bonds is 7. The molecule has 0 spiro atoms. The first-order valence-electron chi connectivity index (χ1n) is 8.89. The fourth-order valence-corrected chi connectivity index (χ4v) is 4.09. The summed E-state index contributed by atoms with van der Waals surface area (Å²) in [6.45, 7) is 0.974. The number of sulfone groups is 1. The van der Waals surface area contributed by atoms with Gasteiger partial charge in [0, 0.05) is 18.8 Å². The van der Waals surface area contributed by atoms with Crippen LogP contribution in [0.3, 0.4) is 0 Å². The van der Waals surface area contributed by atoms with E-state index in [1.54, 1.807) is 0 Å². The van der Waals surface area contributed by atoms with E-state index in [0.717, 1.165) is 31.6 Å². The van der Waals surface area contributed by atoms with Crippen LogP contribution in [-0.4, -0.2) is 55.9 Å². The van der Waals surface area contributed by atoms with Crippen LogP contribution in [0, 0.1) is 0 Å². The zero-order valence-corrected chi connectivity index (χ0v) is 15.9. The van der Waals surface area contributed by atoms with Crippen molar-refractivity contribution in [2.24, 2.45) is 0 Å². The summed E-state index contributed by atoms with van der Waals surface area (Å²) in [5.74, 6) is -0.883. The van der Waals surface area contributed by atoms with Gasteiger partial charge in [0.2, 0.25) is 0 Å². The Bertz CT molecular complexity index is 747. The van der Waals surface area contributed by atoms with E-state index in [1.807, 2.05) is 7.05 Å². The molecule has 27 heavy (non-hydrogen) atoms. The molecule has 1 aliphatic carbocycles. The molecule has 0 radical (unpaired) electrons. The van der Waals surface area contributed by atoms with E-state index in [0.29, 0.717) is 12.5 Å². The average Bonchev–Trinajstić information content (AvgIpc) is 2.64. The molecule has 1 N–H and O–H groups in total. The molecule has 0 atom stereocenters. The van der Waals surface area contributed by atoms with Crippen LogP contribution in [0.25, 0.3) is 0 Å². The second kappa shape index (κ2) is 9.01. The Balaban J connectivity index is 1.93. The average molecular weight is 407 g/mol. The maximum Gasteiger partial charge on any atom is 0.503 e. The van der Waals surface area contributed by atoms with E-state index in [2.05, 4.69) is 15.2 Å². The van der Waals surface area contributed by atoms with Gasteiger partial charge in [-0.05, 0) is 45.0 Å². The Morgan fingerprint density at radius 3 is 2.59 bits per heavy atom. The van der Waals surface area contributed by atoms with Gasteiger partial charge in [-0.1, -0.05) is 19.3 Å². The Morgan fingerprint density at radius 2 is 1.96 bits per heavy atom. The topological polar surface area (TPSA) is 79.4 Å². The van der Waals surface area contributed by atoms with Crippen molar-refractivity contribution < 1.29 is 26.4 Å². The highest BCUT2D eigenvalue weighted by Crippen LogP contribution is 2.30. The van der Waals surface area contributed by atoms with Gasteiger partial charge < -0.3 is 10.2 Å². The summed E-state index contributed by atoms with van der Waals surface area (Å²) in [4.78, 5) is 17.7. The summed E-state index contributed by atoms with van der Waals surface area (Å²) in [7, 11) is -3.67. The number of halogens is 3. The van der Waals surface area contributed by atoms with Gasteiger partial charge in [-0.25, -0.2) is 13.4 Å². The molecular formula is C17H24F3N3O3S. The van der Waals surface area contributed by atoms with Gasteiger partial charge in [0.05, 0.1) is 5.56 Å². The molecule has 0 bridgehead atoms. The molecule has 1 aliphatic rings. The number of aromatic nitrogens is 1. The quantitative estimate of drug-likeness (QED) is 0.703. The third kappa shape index (κ3) is 5.41. The van der Waals surface area contributed by atoms with Crippen LogP contribution in [0.2, 0.25) is 0 Å². The second-order valence-corrected chi connectivity index (χ2v) is 8.54. The minimum atomic E-state index is -5.69. The maximum absolute atomic E-state index is 12.8. The van der Waals surface area contributed by atoms with E-state index < -0.39 is 31.8 Å². The lowest BCUT2D eigenvalue weighted by molar-refractivity contribution is -0.0438. The molecule has 0 aliphatic heterocycles. The summed E-state index contributed by atoms with van der Waals surface area (Å²) in [5, 5.41) is 1.21. The predicted molar refractivity (Wildman–Crippen MR) is 93.9 cm³/mol. The van der Waals surface area contributed by atoms with E-state index in [9.17, 15) is 26.4 Å². The van der Waals surface area contributed by atoms with E-state index in [4.69, 9.17) is 0 Å². The van der Waals surface area contributed by atoms with Crippen LogP contribution in [0.5, 0.6) is 0 Å². The van der Waals surface area contributed by atoms with E-state index >= 15 is 0 Å². The van der Waals surface area contributed by atoms with E-state index in [-0.39, 0.29) is 6.54 Å². The zero-order valence-electron chi connectivity index (χ0n) is 15.1. The SMILES string of the molecule is CN(CCCNC(=O)c1cccnc1S(=O)(=O)C(F)(F)F)C1CCCCC1. The molecule has 6 nitrogen and oxygen atoms in total. The molecule has 1 fully saturated rings. The van der Waals surface area contributed by atoms with Crippen molar-refractivity contribution in [3.05, 3.63) is 23.9 Å². The van der Waals surface area contributed by atoms with E-state index in [1.165, 1.54) is 25.3 Å². The van der Waals surface area contributed by atoms with Gasteiger partial charge in [0.25, 0.3) is 15.7 Å². The third-order valence-electron chi connectivity index (χ3n) is 4.75. The van der Waals surface area contributed by atoms with Gasteiger partial charge in [-0.15, -0.1) is 0 Å². The first kappa shape index (κ1) is 21.6. The highest BCUT2D eigenvalue weighted by molar-refractivity contribution is 7.92. The van der Waals surface area contributed by atoms with Crippen LogP contribution in [0.15, 0.2) is 23.4 Å². The maximum atomic E-state index is 12.8. The number of nitrogens with zero attached hydrogens (tertiary/aromatic N) is 2. The molecule has 152 valence electrons. The number of carbonyl (C=O) groups is 1. The van der Waals surface area contributed by atoms with Crippen molar-refractivity contribution >= 4 is 15.7 Å². The number of alkyl halides is 3. The fourth-order valence-electron chi connectivity index (χ4n) is 3.22. The van der Waals surface area contributed by atoms with Crippen LogP contribution in [0.1, 0.15) is 48.9 Å². The number of nitrogens with one attached hydrogen (secondary N) is 1. The van der Waals surface area contributed by atoms with Crippen LogP contribution < -0.4 is 5.32 Å². The normalized spacial score (nSPS) is 16.5. The van der Waals surface area contributed by atoms with Crippen LogP contribution in [-0.2, 0) is 9.84 Å². The minimum absolute atomic E-state index is 0.232. The Morgan fingerprint density at radius 1 is 1.30 bits per heavy atom. The lowest BCUT2D eigenvalue weighted by Gasteiger charge is -2.31. The lowest BCUT2D eigenvalue weighted by Crippen LogP contribution is -2.36. The molecule has 1 saturated carbocycles. The highest BCUT2D eigenvalue weighted by atomic mass is 32.2. The zero-order chi connectivity index (χ0) is 20.1. The molecule has 1 amide bonds. The molecule has 0 aromatic carbocycles. The van der Waals surface area contributed by atoms with Crippen LogP contribution in [0.4, 0.5) is 13.2 Å². The molecule has 0 saturated heterocycles. The smallest absolute Gasteiger partial charge is 0.352 e. The fraction of sp³-hybridized carbons (Fsp3) is 0.647. The summed E-state index contributed by atoms with van der Waals surface area (Å²) < 4.78 is 61.5. The summed E-state index contributed by atoms with van der Waals surface area (Å²) in [6.07, 6.45) is 7.50. The number of hydrogen-bond acceptors (Lipinski definition) is 5. The Labute approximate surface area is 157 Å². The Hall–Kier alpha value is -1.68. The van der Waals surface area contributed by atoms with Crippen molar-refractivity contribution in [2.75, 3.05) is 20.1 Å². The number of pyridine rings is 1. The number of carbonyl (C=O) groups excluding carboxylic acids is 1. The lowest BCUT2D eigenvalue weighted by atomic mass is 9.94. The molecule has 1 aromatic rings. The van der Waals surface area contributed by atoms with Crippen LogP contribution >= 0.6 is 0 Å². The predicted octanol–water partition coefficient (Wildman–Crippen LogP) is 2.76. The highest BCUT2D eigenvalue weighted by Gasteiger charge is 2.49. The van der Waals surface area contributed by atoms with Gasteiger partial charge in [0.1, 0.15) is 0 Å². The summed E-state index contributed by atoms with van der Waals surface area (Å²) >= 11 is 0. The molecule has 1 aromatic heterocycles. The molecule has 2 rings (SSSR count). The van der Waals surface area contributed by atoms with Crippen molar-refractivity contribution in [1.29, 1.82) is 0 Å². The molecule has 1 heterocycles. The summed E-state index contributed by atoms with van der Waals surface area (Å²) in [6, 6.07) is 2.77. The first-order valence-corrected chi connectivity index (χ1v) is 10.4. The first-order chi connectivity index (χ1) is 12.6. The second-order valence-electron chi connectivity index (χ2n) is 6.69. The number of amides is 1. The number of hydrogen-bond donors (Lipinski definition) is 1. The monoisotopic (exact) mass is 407 g/mol. The largest absolute Gasteiger partial charge is 0.503 e. The molecule has 0 unspecified atom stereocenters. The van der Waals surface area contributed by atoms with Crippen molar-refractivity contribution in [1.82, 2.24) is 15.2 Å². The van der Waals surface area contributed by atoms with Crippen molar-refractivity contribution in [2.45, 2.75) is 55.1 Å². The minimum Gasteiger partial charge on any atom is -0.352 e.